The van der Waals surface area contributed by atoms with Gasteiger partial charge >= 0.3 is 0 Å². The Bertz CT molecular complexity index is 471. The van der Waals surface area contributed by atoms with E-state index in [4.69, 9.17) is 11.6 Å². The van der Waals surface area contributed by atoms with Gasteiger partial charge in [-0.3, -0.25) is 4.79 Å². The zero-order chi connectivity index (χ0) is 13.9. The van der Waals surface area contributed by atoms with Crippen LogP contribution in [0.2, 0.25) is 5.02 Å². The van der Waals surface area contributed by atoms with Crippen molar-refractivity contribution in [3.05, 3.63) is 34.3 Å². The lowest BCUT2D eigenvalue weighted by molar-refractivity contribution is 0.0921. The van der Waals surface area contributed by atoms with Crippen LogP contribution in [-0.2, 0) is 0 Å². The third-order valence-electron chi connectivity index (χ3n) is 3.92. The molecule has 1 saturated heterocycles. The summed E-state index contributed by atoms with van der Waals surface area (Å²) in [5.74, 6) is -0.00563. The Morgan fingerprint density at radius 2 is 2.05 bits per heavy atom. The quantitative estimate of drug-likeness (QED) is 0.899. The molecule has 1 fully saturated rings. The van der Waals surface area contributed by atoms with E-state index in [0.717, 1.165) is 38.0 Å². The molecule has 0 bridgehead atoms. The van der Waals surface area contributed by atoms with Gasteiger partial charge in [0.05, 0.1) is 0 Å². The van der Waals surface area contributed by atoms with E-state index in [1.54, 1.807) is 12.1 Å². The number of carbonyl (C=O) groups excluding carboxylic acids is 1. The minimum Gasteiger partial charge on any atom is -0.351 e. The van der Waals surface area contributed by atoms with Crippen LogP contribution in [0.15, 0.2) is 18.2 Å². The molecular weight excluding hydrogens is 295 g/mol. The smallest absolute Gasteiger partial charge is 0.251 e. The summed E-state index contributed by atoms with van der Waals surface area (Å²) in [6.07, 6.45) is 2.21. The average molecular weight is 317 g/mol. The average Bonchev–Trinajstić information content (AvgIpc) is 2.37. The molecule has 1 heterocycles. The molecule has 5 heteroatoms. The summed E-state index contributed by atoms with van der Waals surface area (Å²) in [7, 11) is 0. The minimum atomic E-state index is -0.00563. The molecule has 112 valence electrons. The number of hydrogen-bond acceptors (Lipinski definition) is 2. The number of nitrogens with one attached hydrogen (secondary N) is 2. The van der Waals surface area contributed by atoms with Crippen molar-refractivity contribution >= 4 is 29.9 Å². The van der Waals surface area contributed by atoms with Crippen LogP contribution < -0.4 is 10.6 Å². The van der Waals surface area contributed by atoms with E-state index < -0.39 is 0 Å². The molecule has 0 radical (unpaired) electrons. The summed E-state index contributed by atoms with van der Waals surface area (Å²) >= 11 is 5.90. The van der Waals surface area contributed by atoms with Crippen LogP contribution in [0, 0.1) is 12.3 Å². The first-order chi connectivity index (χ1) is 9.00. The molecule has 0 aliphatic carbocycles. The maximum Gasteiger partial charge on any atom is 0.251 e. The number of benzene rings is 1. The normalized spacial score (nSPS) is 17.1. The molecule has 2 N–H and O–H groups in total. The Hall–Kier alpha value is -0.770. The Balaban J connectivity index is 0.00000200. The molecule has 1 aliphatic rings. The number of halogens is 2. The van der Waals surface area contributed by atoms with Gasteiger partial charge in [-0.2, -0.15) is 0 Å². The van der Waals surface area contributed by atoms with Gasteiger partial charge in [-0.25, -0.2) is 0 Å². The fourth-order valence-electron chi connectivity index (χ4n) is 2.48. The van der Waals surface area contributed by atoms with Gasteiger partial charge in [-0.15, -0.1) is 12.4 Å². The summed E-state index contributed by atoms with van der Waals surface area (Å²) in [5.41, 5.74) is 1.84. The highest BCUT2D eigenvalue weighted by molar-refractivity contribution is 6.30. The van der Waals surface area contributed by atoms with Gasteiger partial charge in [0.25, 0.3) is 5.91 Å². The first-order valence-electron chi connectivity index (χ1n) is 6.75. The Kier molecular flexibility index (Phi) is 6.31. The molecule has 0 unspecified atom stereocenters. The molecule has 2 rings (SSSR count). The van der Waals surface area contributed by atoms with Crippen LogP contribution >= 0.6 is 24.0 Å². The molecule has 3 nitrogen and oxygen atoms in total. The summed E-state index contributed by atoms with van der Waals surface area (Å²) in [6, 6.07) is 5.37. The van der Waals surface area contributed by atoms with Crippen molar-refractivity contribution in [2.75, 3.05) is 19.6 Å². The Morgan fingerprint density at radius 3 is 2.65 bits per heavy atom. The summed E-state index contributed by atoms with van der Waals surface area (Å²) < 4.78 is 0. The lowest BCUT2D eigenvalue weighted by atomic mass is 9.81. The van der Waals surface area contributed by atoms with E-state index in [2.05, 4.69) is 17.6 Å². The third kappa shape index (κ3) is 4.37. The van der Waals surface area contributed by atoms with Crippen molar-refractivity contribution in [3.63, 3.8) is 0 Å². The van der Waals surface area contributed by atoms with Gasteiger partial charge in [-0.05, 0) is 62.0 Å². The van der Waals surface area contributed by atoms with E-state index in [1.807, 2.05) is 13.0 Å². The first kappa shape index (κ1) is 17.3. The monoisotopic (exact) mass is 316 g/mol. The SMILES string of the molecule is Cc1cc(Cl)ccc1C(=O)NCC1(C)CCNCC1.Cl. The van der Waals surface area contributed by atoms with Gasteiger partial charge < -0.3 is 10.6 Å². The number of aryl methyl sites for hydroxylation is 1. The van der Waals surface area contributed by atoms with Crippen molar-refractivity contribution in [1.82, 2.24) is 10.6 Å². The highest BCUT2D eigenvalue weighted by Crippen LogP contribution is 2.26. The number of amides is 1. The van der Waals surface area contributed by atoms with E-state index in [-0.39, 0.29) is 23.7 Å². The molecule has 1 aromatic carbocycles. The number of hydrogen-bond donors (Lipinski definition) is 2. The van der Waals surface area contributed by atoms with Crippen molar-refractivity contribution < 1.29 is 4.79 Å². The van der Waals surface area contributed by atoms with Crippen molar-refractivity contribution in [2.45, 2.75) is 26.7 Å². The lowest BCUT2D eigenvalue weighted by Crippen LogP contribution is -2.43. The van der Waals surface area contributed by atoms with Crippen molar-refractivity contribution in [2.24, 2.45) is 5.41 Å². The minimum absolute atomic E-state index is 0. The van der Waals surface area contributed by atoms with Crippen LogP contribution in [0.25, 0.3) is 0 Å². The van der Waals surface area contributed by atoms with Gasteiger partial charge in [0.2, 0.25) is 0 Å². The topological polar surface area (TPSA) is 41.1 Å². The van der Waals surface area contributed by atoms with Crippen LogP contribution in [0.4, 0.5) is 0 Å². The fourth-order valence-corrected chi connectivity index (χ4v) is 2.70. The van der Waals surface area contributed by atoms with Gasteiger partial charge in [0, 0.05) is 17.1 Å². The predicted molar refractivity (Wildman–Crippen MR) is 86.0 cm³/mol. The third-order valence-corrected chi connectivity index (χ3v) is 4.15. The second-order valence-corrected chi connectivity index (χ2v) is 6.14. The molecule has 0 saturated carbocycles. The summed E-state index contributed by atoms with van der Waals surface area (Å²) in [4.78, 5) is 12.2. The van der Waals surface area contributed by atoms with Crippen LogP contribution in [0.1, 0.15) is 35.7 Å². The second kappa shape index (κ2) is 7.30. The van der Waals surface area contributed by atoms with E-state index >= 15 is 0 Å². The van der Waals surface area contributed by atoms with Crippen molar-refractivity contribution in [3.8, 4) is 0 Å². The first-order valence-corrected chi connectivity index (χ1v) is 7.13. The Labute approximate surface area is 131 Å². The molecule has 1 aromatic rings. The Morgan fingerprint density at radius 1 is 1.40 bits per heavy atom. The van der Waals surface area contributed by atoms with Crippen LogP contribution in [-0.4, -0.2) is 25.5 Å². The molecule has 1 amide bonds. The maximum atomic E-state index is 12.2. The standard InChI is InChI=1S/C15H21ClN2O.ClH/c1-11-9-12(16)3-4-13(11)14(19)18-10-15(2)5-7-17-8-6-15;/h3-4,9,17H,5-8,10H2,1-2H3,(H,18,19);1H. The highest BCUT2D eigenvalue weighted by atomic mass is 35.5. The van der Waals surface area contributed by atoms with E-state index in [1.165, 1.54) is 0 Å². The molecular formula is C15H22Cl2N2O. The van der Waals surface area contributed by atoms with E-state index in [0.29, 0.717) is 10.6 Å². The van der Waals surface area contributed by atoms with Crippen LogP contribution in [0.5, 0.6) is 0 Å². The molecule has 0 atom stereocenters. The lowest BCUT2D eigenvalue weighted by Gasteiger charge is -2.34. The zero-order valence-electron chi connectivity index (χ0n) is 12.0. The number of carbonyl (C=O) groups is 1. The number of piperidine rings is 1. The molecule has 20 heavy (non-hydrogen) atoms. The summed E-state index contributed by atoms with van der Waals surface area (Å²) in [5, 5.41) is 7.07. The van der Waals surface area contributed by atoms with Gasteiger partial charge in [0.1, 0.15) is 0 Å². The van der Waals surface area contributed by atoms with Crippen LogP contribution in [0.3, 0.4) is 0 Å². The molecule has 0 aromatic heterocycles. The fraction of sp³-hybridized carbons (Fsp3) is 0.533. The predicted octanol–water partition coefficient (Wildman–Crippen LogP) is 3.19. The number of rotatable bonds is 3. The summed E-state index contributed by atoms with van der Waals surface area (Å²) in [6.45, 7) is 6.95. The second-order valence-electron chi connectivity index (χ2n) is 5.70. The largest absolute Gasteiger partial charge is 0.351 e. The van der Waals surface area contributed by atoms with E-state index in [9.17, 15) is 4.79 Å². The molecule has 0 spiro atoms. The van der Waals surface area contributed by atoms with Crippen molar-refractivity contribution in [1.29, 1.82) is 0 Å². The zero-order valence-corrected chi connectivity index (χ0v) is 13.5. The van der Waals surface area contributed by atoms with Gasteiger partial charge in [-0.1, -0.05) is 18.5 Å². The maximum absolute atomic E-state index is 12.2. The highest BCUT2D eigenvalue weighted by Gasteiger charge is 2.27. The molecule has 1 aliphatic heterocycles. The van der Waals surface area contributed by atoms with Gasteiger partial charge in [0.15, 0.2) is 0 Å².